The summed E-state index contributed by atoms with van der Waals surface area (Å²) in [6.45, 7) is -0.818. The quantitative estimate of drug-likeness (QED) is 0.334. The molecule has 6 atom stereocenters. The Labute approximate surface area is 218 Å². The molecule has 2 aliphatic carbocycles. The number of carbonyl (C=O) groups is 4. The first kappa shape index (κ1) is 25.5. The van der Waals surface area contributed by atoms with Gasteiger partial charge in [-0.25, -0.2) is 4.79 Å². The van der Waals surface area contributed by atoms with Gasteiger partial charge in [-0.05, 0) is 54.7 Å². The van der Waals surface area contributed by atoms with E-state index in [0.717, 1.165) is 17.0 Å². The van der Waals surface area contributed by atoms with Crippen LogP contribution in [-0.2, 0) is 25.3 Å². The Balaban J connectivity index is 1.21. The first-order chi connectivity index (χ1) is 17.5. The van der Waals surface area contributed by atoms with Gasteiger partial charge in [-0.3, -0.25) is 19.3 Å². The van der Waals surface area contributed by atoms with Crippen molar-refractivity contribution in [2.24, 2.45) is 23.7 Å². The van der Waals surface area contributed by atoms with Crippen molar-refractivity contribution in [3.63, 3.8) is 0 Å². The monoisotopic (exact) mass is 554 g/mol. The number of para-hydroxylation sites is 1. The number of nitrogens with one attached hydrogen (secondary N) is 1. The molecule has 1 aliphatic heterocycles. The van der Waals surface area contributed by atoms with Gasteiger partial charge in [0.05, 0.1) is 45.1 Å². The Morgan fingerprint density at radius 2 is 1.51 bits per heavy atom. The van der Waals surface area contributed by atoms with Crippen molar-refractivity contribution in [1.82, 2.24) is 0 Å². The molecule has 0 radical (unpaired) electrons. The van der Waals surface area contributed by atoms with Crippen LogP contribution in [0, 0.1) is 23.7 Å². The zero-order valence-corrected chi connectivity index (χ0v) is 20.4. The molecule has 3 amide bonds. The summed E-state index contributed by atoms with van der Waals surface area (Å²) in [5, 5.41) is 1.33. The highest BCUT2D eigenvalue weighted by molar-refractivity contribution is 6.32. The molecule has 12 heteroatoms. The number of hydrogen-bond donors (Lipinski definition) is 1. The number of hydrogen-bond acceptors (Lipinski definition) is 5. The number of fused-ring (bicyclic) bond motifs is 5. The number of esters is 1. The molecule has 2 aromatic rings. The van der Waals surface area contributed by atoms with Crippen LogP contribution in [0.5, 0.6) is 0 Å². The molecule has 1 N–H and O–H groups in total. The number of anilines is 2. The van der Waals surface area contributed by atoms with E-state index in [2.05, 4.69) is 5.32 Å². The summed E-state index contributed by atoms with van der Waals surface area (Å²) in [4.78, 5) is 51.7. The highest BCUT2D eigenvalue weighted by Gasteiger charge is 2.66. The SMILES string of the molecule is O=C(COC(=O)c1ccc(N2C(=O)[C@@H]3[C@H]4C[C@@H]([C@H](Cl)[C@H]4Cl)[C@H]3C2=O)cc1)Nc1ccccc1C(F)(F)F. The topological polar surface area (TPSA) is 92.8 Å². The third kappa shape index (κ3) is 4.35. The molecule has 3 aliphatic rings. The molecule has 194 valence electrons. The second kappa shape index (κ2) is 9.33. The molecule has 2 saturated carbocycles. The number of ether oxygens (including phenoxy) is 1. The summed E-state index contributed by atoms with van der Waals surface area (Å²) in [7, 11) is 0. The molecule has 7 nitrogen and oxygen atoms in total. The average Bonchev–Trinajstić information content (AvgIpc) is 3.47. The van der Waals surface area contributed by atoms with Gasteiger partial charge in [-0.1, -0.05) is 12.1 Å². The van der Waals surface area contributed by atoms with Crippen molar-refractivity contribution in [2.75, 3.05) is 16.8 Å². The van der Waals surface area contributed by atoms with Gasteiger partial charge in [0.25, 0.3) is 5.91 Å². The van der Waals surface area contributed by atoms with Gasteiger partial charge in [0.15, 0.2) is 6.61 Å². The minimum Gasteiger partial charge on any atom is -0.452 e. The molecule has 0 spiro atoms. The van der Waals surface area contributed by atoms with E-state index < -0.39 is 47.7 Å². The minimum atomic E-state index is -4.67. The number of alkyl halides is 5. The van der Waals surface area contributed by atoms with Crippen molar-refractivity contribution in [3.05, 3.63) is 59.7 Å². The summed E-state index contributed by atoms with van der Waals surface area (Å²) in [5.41, 5.74) is -1.19. The number of imide groups is 1. The summed E-state index contributed by atoms with van der Waals surface area (Å²) >= 11 is 12.7. The molecule has 3 fully saturated rings. The van der Waals surface area contributed by atoms with Gasteiger partial charge in [-0.2, -0.15) is 13.2 Å². The van der Waals surface area contributed by atoms with Crippen LogP contribution in [0.1, 0.15) is 22.3 Å². The molecule has 5 rings (SSSR count). The lowest BCUT2D eigenvalue weighted by molar-refractivity contribution is -0.137. The van der Waals surface area contributed by atoms with E-state index >= 15 is 0 Å². The fraction of sp³-hybridized carbons (Fsp3) is 0.360. The van der Waals surface area contributed by atoms with Crippen LogP contribution in [0.4, 0.5) is 24.5 Å². The van der Waals surface area contributed by atoms with Gasteiger partial charge in [-0.15, -0.1) is 23.2 Å². The Bertz CT molecular complexity index is 1250. The molecular weight excluding hydrogens is 536 g/mol. The van der Waals surface area contributed by atoms with Crippen LogP contribution in [0.3, 0.4) is 0 Å². The maximum Gasteiger partial charge on any atom is 0.418 e. The van der Waals surface area contributed by atoms with Crippen LogP contribution in [0.25, 0.3) is 0 Å². The fourth-order valence-electron chi connectivity index (χ4n) is 5.59. The summed E-state index contributed by atoms with van der Waals surface area (Å²) in [6.07, 6.45) is -4.03. The Morgan fingerprint density at radius 1 is 0.946 bits per heavy atom. The zero-order chi connectivity index (χ0) is 26.6. The van der Waals surface area contributed by atoms with Crippen LogP contribution in [0.15, 0.2) is 48.5 Å². The third-order valence-electron chi connectivity index (χ3n) is 7.19. The van der Waals surface area contributed by atoms with Gasteiger partial charge in [0, 0.05) is 0 Å². The predicted molar refractivity (Wildman–Crippen MR) is 127 cm³/mol. The number of carbonyl (C=O) groups excluding carboxylic acids is 4. The number of amides is 3. The van der Waals surface area contributed by atoms with E-state index in [1.807, 2.05) is 0 Å². The molecular formula is C25H19Cl2F3N2O5. The molecule has 1 saturated heterocycles. The fourth-order valence-corrected chi connectivity index (χ4v) is 6.48. The van der Waals surface area contributed by atoms with E-state index in [9.17, 15) is 32.3 Å². The second-order valence-corrected chi connectivity index (χ2v) is 10.2. The van der Waals surface area contributed by atoms with Crippen molar-refractivity contribution < 1.29 is 37.1 Å². The van der Waals surface area contributed by atoms with E-state index in [1.54, 1.807) is 0 Å². The van der Waals surface area contributed by atoms with Crippen LogP contribution >= 0.6 is 23.2 Å². The first-order valence-corrected chi connectivity index (χ1v) is 12.3. The third-order valence-corrected chi connectivity index (χ3v) is 8.51. The van der Waals surface area contributed by atoms with E-state index in [1.165, 1.54) is 36.4 Å². The van der Waals surface area contributed by atoms with Gasteiger partial charge in [0.1, 0.15) is 0 Å². The maximum absolute atomic E-state index is 13.1. The average molecular weight is 555 g/mol. The van der Waals surface area contributed by atoms with Gasteiger partial charge in [0.2, 0.25) is 11.8 Å². The smallest absolute Gasteiger partial charge is 0.418 e. The maximum atomic E-state index is 13.1. The highest BCUT2D eigenvalue weighted by atomic mass is 35.5. The zero-order valence-electron chi connectivity index (χ0n) is 18.9. The van der Waals surface area contributed by atoms with Crippen molar-refractivity contribution in [3.8, 4) is 0 Å². The van der Waals surface area contributed by atoms with E-state index in [0.29, 0.717) is 6.42 Å². The predicted octanol–water partition coefficient (Wildman–Crippen LogP) is 4.47. The van der Waals surface area contributed by atoms with Gasteiger partial charge >= 0.3 is 12.1 Å². The number of nitrogens with zero attached hydrogens (tertiary/aromatic N) is 1. The van der Waals surface area contributed by atoms with Gasteiger partial charge < -0.3 is 10.1 Å². The summed E-state index contributed by atoms with van der Waals surface area (Å²) < 4.78 is 44.1. The molecule has 0 unspecified atom stereocenters. The van der Waals surface area contributed by atoms with Crippen molar-refractivity contribution >= 4 is 58.3 Å². The largest absolute Gasteiger partial charge is 0.452 e. The first-order valence-electron chi connectivity index (χ1n) is 11.4. The second-order valence-electron chi connectivity index (χ2n) is 9.23. The summed E-state index contributed by atoms with van der Waals surface area (Å²) in [5.74, 6) is -3.90. The van der Waals surface area contributed by atoms with Crippen LogP contribution < -0.4 is 10.2 Å². The van der Waals surface area contributed by atoms with Crippen LogP contribution in [0.2, 0.25) is 0 Å². The summed E-state index contributed by atoms with van der Waals surface area (Å²) in [6, 6.07) is 9.89. The number of rotatable bonds is 5. The Morgan fingerprint density at radius 3 is 2.08 bits per heavy atom. The van der Waals surface area contributed by atoms with Crippen LogP contribution in [-0.4, -0.2) is 41.1 Å². The minimum absolute atomic E-state index is 0.0215. The van der Waals surface area contributed by atoms with Crippen molar-refractivity contribution in [2.45, 2.75) is 23.4 Å². The molecule has 2 bridgehead atoms. The molecule has 1 heterocycles. The lowest BCUT2D eigenvalue weighted by Crippen LogP contribution is -2.37. The Kier molecular flexibility index (Phi) is 6.44. The molecule has 0 aromatic heterocycles. The molecule has 37 heavy (non-hydrogen) atoms. The van der Waals surface area contributed by atoms with Crippen molar-refractivity contribution in [1.29, 1.82) is 0 Å². The van der Waals surface area contributed by atoms with E-state index in [4.69, 9.17) is 27.9 Å². The lowest BCUT2D eigenvalue weighted by Gasteiger charge is -2.28. The number of halogens is 5. The molecule has 2 aromatic carbocycles. The Hall–Kier alpha value is -3.11. The highest BCUT2D eigenvalue weighted by Crippen LogP contribution is 2.59. The standard InChI is InChI=1S/C25H19Cl2F3N2O5/c26-20-13-9-14(21(20)27)19-18(13)22(34)32(23(19)35)12-7-5-11(6-8-12)24(36)37-10-17(33)31-16-4-2-1-3-15(16)25(28,29)30/h1-8,13-14,18-21H,9-10H2,(H,31,33)/t13-,14-,18-,19-,20+,21+/m1/s1. The van der Waals surface area contributed by atoms with E-state index in [-0.39, 0.29) is 45.7 Å². The lowest BCUT2D eigenvalue weighted by atomic mass is 9.80. The number of benzene rings is 2. The normalized spacial score (nSPS) is 28.4.